The van der Waals surface area contributed by atoms with Crippen LogP contribution >= 0.6 is 0 Å². The molecule has 0 heterocycles. The van der Waals surface area contributed by atoms with E-state index in [0.717, 1.165) is 0 Å². The van der Waals surface area contributed by atoms with Crippen LogP contribution < -0.4 is 0 Å². The molecule has 33 heavy (non-hydrogen) atoms. The highest BCUT2D eigenvalue weighted by molar-refractivity contribution is 5.95. The minimum absolute atomic E-state index is 0.0511. The summed E-state index contributed by atoms with van der Waals surface area (Å²) in [6, 6.07) is 0. The molecule has 0 aromatic rings. The third kappa shape index (κ3) is 2.69. The van der Waals surface area contributed by atoms with Crippen LogP contribution in [-0.4, -0.2) is 5.78 Å². The van der Waals surface area contributed by atoms with Gasteiger partial charge in [-0.3, -0.25) is 4.79 Å². The normalized spacial score (nSPS) is 53.2. The van der Waals surface area contributed by atoms with Crippen LogP contribution in [0.4, 0.5) is 0 Å². The zero-order valence-electron chi connectivity index (χ0n) is 23.0. The van der Waals surface area contributed by atoms with Crippen molar-refractivity contribution in [1.82, 2.24) is 0 Å². The summed E-state index contributed by atoms with van der Waals surface area (Å²) in [6.07, 6.45) is 13.4. The highest BCUT2D eigenvalue weighted by Gasteiger charge is 2.69. The smallest absolute Gasteiger partial charge is 0.159 e. The van der Waals surface area contributed by atoms with E-state index in [4.69, 9.17) is 0 Å². The van der Waals surface area contributed by atoms with Crippen LogP contribution in [0.25, 0.3) is 0 Å². The largest absolute Gasteiger partial charge is 0.295 e. The Morgan fingerprint density at radius 3 is 2.15 bits per heavy atom. The molecule has 0 aromatic carbocycles. The molecule has 0 aromatic heterocycles. The van der Waals surface area contributed by atoms with E-state index in [2.05, 4.69) is 81.0 Å². The van der Waals surface area contributed by atoms with E-state index >= 15 is 0 Å². The van der Waals surface area contributed by atoms with Crippen LogP contribution in [0, 0.1) is 50.2 Å². The molecular formula is C32H48O. The first kappa shape index (κ1) is 23.6. The second-order valence-electron chi connectivity index (χ2n) is 15.0. The van der Waals surface area contributed by atoms with E-state index in [1.54, 1.807) is 0 Å². The van der Waals surface area contributed by atoms with Crippen molar-refractivity contribution in [3.8, 4) is 0 Å². The van der Waals surface area contributed by atoms with Gasteiger partial charge in [-0.15, -0.1) is 0 Å². The van der Waals surface area contributed by atoms with E-state index in [-0.39, 0.29) is 27.6 Å². The van der Waals surface area contributed by atoms with Crippen molar-refractivity contribution in [2.75, 3.05) is 0 Å². The molecule has 182 valence electrons. The van der Waals surface area contributed by atoms with Crippen LogP contribution in [0.15, 0.2) is 35.5 Å². The Bertz CT molecular complexity index is 994. The highest BCUT2D eigenvalue weighted by atomic mass is 16.1. The van der Waals surface area contributed by atoms with Crippen LogP contribution in [0.3, 0.4) is 0 Å². The Labute approximate surface area is 203 Å². The minimum Gasteiger partial charge on any atom is -0.295 e. The third-order valence-corrected chi connectivity index (χ3v) is 13.2. The number of allylic oxidation sites excluding steroid dienone is 5. The Morgan fingerprint density at radius 1 is 0.879 bits per heavy atom. The highest BCUT2D eigenvalue weighted by Crippen LogP contribution is 2.76. The summed E-state index contributed by atoms with van der Waals surface area (Å²) in [7, 11) is 0. The van der Waals surface area contributed by atoms with Gasteiger partial charge in [0.25, 0.3) is 0 Å². The lowest BCUT2D eigenvalue weighted by atomic mass is 9.33. The van der Waals surface area contributed by atoms with Gasteiger partial charge in [0, 0.05) is 11.3 Å². The van der Waals surface area contributed by atoms with Crippen molar-refractivity contribution >= 4 is 5.78 Å². The van der Waals surface area contributed by atoms with Gasteiger partial charge in [-0.05, 0) is 108 Å². The first-order valence-electron chi connectivity index (χ1n) is 13.7. The van der Waals surface area contributed by atoms with Gasteiger partial charge in [-0.2, -0.15) is 0 Å². The summed E-state index contributed by atoms with van der Waals surface area (Å²) in [6.45, 7) is 26.5. The maximum atomic E-state index is 14.3. The maximum absolute atomic E-state index is 14.3. The molecule has 3 fully saturated rings. The molecule has 0 spiro atoms. The van der Waals surface area contributed by atoms with Crippen molar-refractivity contribution in [3.05, 3.63) is 35.5 Å². The van der Waals surface area contributed by atoms with Gasteiger partial charge in [0.1, 0.15) is 0 Å². The second kappa shape index (κ2) is 6.55. The monoisotopic (exact) mass is 448 g/mol. The molecule has 6 unspecified atom stereocenters. The molecule has 5 aliphatic carbocycles. The average molecular weight is 449 g/mol. The number of carbonyl (C=O) groups is 1. The number of ketones is 1. The van der Waals surface area contributed by atoms with Crippen molar-refractivity contribution in [3.63, 3.8) is 0 Å². The number of carbonyl (C=O) groups excluding carboxylic acids is 1. The standard InChI is InChI=1S/C32H48O/c1-20-18-32(10)25-17-24(33)26-23-19-27(4,5)11-12-28(23,6)13-14-31(26,9)30(25,8)16-15-29(32,7)22(3)21(20)2/h17-18,22-23,26H,2,11-16,19H2,1,3-10H3/t22?,23?,26?,28?,29-,30?,31+,32?/m0/s1. The summed E-state index contributed by atoms with van der Waals surface area (Å²) in [4.78, 5) is 14.3. The molecule has 0 radical (unpaired) electrons. The Hall–Kier alpha value is -1.11. The van der Waals surface area contributed by atoms with Gasteiger partial charge >= 0.3 is 0 Å². The first-order valence-corrected chi connectivity index (χ1v) is 13.7. The number of hydrogen-bond donors (Lipinski definition) is 0. The summed E-state index contributed by atoms with van der Waals surface area (Å²) in [5.74, 6) is 1.59. The van der Waals surface area contributed by atoms with Gasteiger partial charge in [-0.1, -0.05) is 73.6 Å². The van der Waals surface area contributed by atoms with Crippen molar-refractivity contribution in [1.29, 1.82) is 0 Å². The number of rotatable bonds is 0. The molecule has 1 nitrogen and oxygen atoms in total. The second-order valence-corrected chi connectivity index (χ2v) is 15.0. The lowest BCUT2D eigenvalue weighted by Crippen LogP contribution is -2.65. The lowest BCUT2D eigenvalue weighted by Gasteiger charge is -2.70. The molecule has 5 aliphatic rings. The molecule has 0 N–H and O–H groups in total. The molecule has 0 saturated heterocycles. The Morgan fingerprint density at radius 2 is 1.48 bits per heavy atom. The fraction of sp³-hybridized carbons (Fsp3) is 0.781. The lowest BCUT2D eigenvalue weighted by molar-refractivity contribution is -0.170. The Balaban J connectivity index is 1.69. The fourth-order valence-electron chi connectivity index (χ4n) is 9.94. The zero-order chi connectivity index (χ0) is 24.4. The molecular weight excluding hydrogens is 400 g/mol. The van der Waals surface area contributed by atoms with Crippen LogP contribution in [0.2, 0.25) is 0 Å². The quantitative estimate of drug-likeness (QED) is 0.362. The van der Waals surface area contributed by atoms with E-state index < -0.39 is 0 Å². The van der Waals surface area contributed by atoms with Gasteiger partial charge in [-0.25, -0.2) is 0 Å². The average Bonchev–Trinajstić information content (AvgIpc) is 2.72. The molecule has 0 bridgehead atoms. The van der Waals surface area contributed by atoms with Crippen molar-refractivity contribution in [2.45, 2.75) is 107 Å². The SMILES string of the molecule is C=C1C(C)=CC2(C)C3=CC(=O)C4C5CC(C)(C)CCC5(C)CC[C@@]4(C)C3(C)CC[C@@]2(C)C1C. The van der Waals surface area contributed by atoms with Gasteiger partial charge in [0.2, 0.25) is 0 Å². The van der Waals surface area contributed by atoms with E-state index in [1.165, 1.54) is 61.7 Å². The molecule has 8 atom stereocenters. The van der Waals surface area contributed by atoms with Gasteiger partial charge < -0.3 is 0 Å². The van der Waals surface area contributed by atoms with Crippen LogP contribution in [0.5, 0.6) is 0 Å². The maximum Gasteiger partial charge on any atom is 0.159 e. The molecule has 1 heteroatoms. The topological polar surface area (TPSA) is 17.1 Å². The Kier molecular flexibility index (Phi) is 4.69. The minimum atomic E-state index is -0.0824. The van der Waals surface area contributed by atoms with E-state index in [9.17, 15) is 4.79 Å². The van der Waals surface area contributed by atoms with E-state index in [0.29, 0.717) is 28.4 Å². The molecule has 3 saturated carbocycles. The fourth-order valence-corrected chi connectivity index (χ4v) is 9.94. The van der Waals surface area contributed by atoms with Crippen LogP contribution in [-0.2, 0) is 4.79 Å². The van der Waals surface area contributed by atoms with Gasteiger partial charge in [0.15, 0.2) is 5.78 Å². The third-order valence-electron chi connectivity index (χ3n) is 13.2. The van der Waals surface area contributed by atoms with Crippen molar-refractivity contribution < 1.29 is 4.79 Å². The summed E-state index contributed by atoms with van der Waals surface area (Å²) in [5.41, 5.74) is 4.93. The molecule has 0 amide bonds. The number of hydrogen-bond acceptors (Lipinski definition) is 1. The van der Waals surface area contributed by atoms with Crippen molar-refractivity contribution in [2.24, 2.45) is 50.2 Å². The summed E-state index contributed by atoms with van der Waals surface area (Å²) >= 11 is 0. The van der Waals surface area contributed by atoms with Crippen LogP contribution in [0.1, 0.15) is 107 Å². The first-order chi connectivity index (χ1) is 15.0. The number of fused-ring (bicyclic) bond motifs is 7. The van der Waals surface area contributed by atoms with E-state index in [1.807, 2.05) is 0 Å². The predicted molar refractivity (Wildman–Crippen MR) is 139 cm³/mol. The van der Waals surface area contributed by atoms with Gasteiger partial charge in [0.05, 0.1) is 0 Å². The zero-order valence-corrected chi connectivity index (χ0v) is 23.0. The summed E-state index contributed by atoms with van der Waals surface area (Å²) < 4.78 is 0. The summed E-state index contributed by atoms with van der Waals surface area (Å²) in [5, 5.41) is 0. The molecule has 5 rings (SSSR count). The molecule has 0 aliphatic heterocycles. The predicted octanol–water partition coefficient (Wildman–Crippen LogP) is 8.71.